The van der Waals surface area contributed by atoms with Crippen LogP contribution < -0.4 is 11.5 Å². The molecule has 0 aliphatic heterocycles. The van der Waals surface area contributed by atoms with Crippen molar-refractivity contribution in [3.63, 3.8) is 0 Å². The average Bonchev–Trinajstić information content (AvgIpc) is 2.17. The van der Waals surface area contributed by atoms with Gasteiger partial charge >= 0.3 is 0 Å². The fourth-order valence-electron chi connectivity index (χ4n) is 1.92. The number of benzene rings is 1. The summed E-state index contributed by atoms with van der Waals surface area (Å²) in [4.78, 5) is 0. The number of phenolic OH excluding ortho intramolecular Hbond substituents is 1. The van der Waals surface area contributed by atoms with E-state index >= 15 is 0 Å². The Morgan fingerprint density at radius 2 is 2.00 bits per heavy atom. The number of nitrogens with two attached hydrogens (primary N) is 2. The lowest BCUT2D eigenvalue weighted by atomic mass is 9.85. The molecule has 0 saturated heterocycles. The Labute approximate surface area is 94.3 Å². The zero-order chi connectivity index (χ0) is 10.3. The smallest absolute Gasteiger partial charge is 0.138 e. The van der Waals surface area contributed by atoms with Gasteiger partial charge in [-0.3, -0.25) is 0 Å². The summed E-state index contributed by atoms with van der Waals surface area (Å²) in [5.41, 5.74) is 13.4. The van der Waals surface area contributed by atoms with Gasteiger partial charge in [0.15, 0.2) is 0 Å². The van der Waals surface area contributed by atoms with Crippen LogP contribution >= 0.6 is 12.4 Å². The standard InChI is InChI=1S/C10H14N2O2.ClH/c11-7-3-1-5-6(10(7)14)2-4-8(13)9(5)12;/h2,4,7,10,13-14H,1,3,11-12H2;1H. The van der Waals surface area contributed by atoms with Crippen LogP contribution in [0.25, 0.3) is 0 Å². The molecule has 15 heavy (non-hydrogen) atoms. The molecular weight excluding hydrogens is 216 g/mol. The van der Waals surface area contributed by atoms with Crippen molar-refractivity contribution in [2.45, 2.75) is 25.0 Å². The van der Waals surface area contributed by atoms with Crippen LogP contribution in [-0.4, -0.2) is 16.3 Å². The molecule has 0 heterocycles. The molecule has 84 valence electrons. The van der Waals surface area contributed by atoms with Gasteiger partial charge in [0.1, 0.15) is 5.75 Å². The molecule has 0 amide bonds. The minimum Gasteiger partial charge on any atom is -0.506 e. The number of aliphatic hydroxyl groups excluding tert-OH is 1. The monoisotopic (exact) mass is 230 g/mol. The molecule has 4 nitrogen and oxygen atoms in total. The van der Waals surface area contributed by atoms with Crippen molar-refractivity contribution in [2.24, 2.45) is 5.73 Å². The first-order chi connectivity index (χ1) is 6.61. The van der Waals surface area contributed by atoms with Crippen LogP contribution in [0.2, 0.25) is 0 Å². The van der Waals surface area contributed by atoms with Crippen LogP contribution in [0.4, 0.5) is 5.69 Å². The predicted octanol–water partition coefficient (Wildman–Crippen LogP) is 0.703. The van der Waals surface area contributed by atoms with E-state index in [-0.39, 0.29) is 24.2 Å². The van der Waals surface area contributed by atoms with Crippen LogP contribution in [-0.2, 0) is 6.42 Å². The Hall–Kier alpha value is -0.970. The Balaban J connectivity index is 0.00000112. The highest BCUT2D eigenvalue weighted by molar-refractivity contribution is 5.85. The van der Waals surface area contributed by atoms with Gasteiger partial charge in [0, 0.05) is 6.04 Å². The number of hydrogen-bond donors (Lipinski definition) is 4. The average molecular weight is 231 g/mol. The van der Waals surface area contributed by atoms with E-state index in [0.29, 0.717) is 18.5 Å². The number of rotatable bonds is 0. The van der Waals surface area contributed by atoms with E-state index in [2.05, 4.69) is 0 Å². The summed E-state index contributed by atoms with van der Waals surface area (Å²) in [6.45, 7) is 0. The van der Waals surface area contributed by atoms with Crippen molar-refractivity contribution >= 4 is 18.1 Å². The van der Waals surface area contributed by atoms with E-state index in [9.17, 15) is 10.2 Å². The van der Waals surface area contributed by atoms with Crippen LogP contribution in [0.15, 0.2) is 12.1 Å². The van der Waals surface area contributed by atoms with Gasteiger partial charge in [-0.2, -0.15) is 0 Å². The maximum absolute atomic E-state index is 9.78. The van der Waals surface area contributed by atoms with Crippen molar-refractivity contribution in [1.82, 2.24) is 0 Å². The Kier molecular flexibility index (Phi) is 3.44. The molecule has 1 aliphatic rings. The number of aliphatic hydroxyl groups is 1. The molecule has 0 spiro atoms. The summed E-state index contributed by atoms with van der Waals surface area (Å²) in [5, 5.41) is 19.2. The minimum absolute atomic E-state index is 0. The van der Waals surface area contributed by atoms with Crippen LogP contribution in [0, 0.1) is 0 Å². The number of halogens is 1. The third-order valence-corrected chi connectivity index (χ3v) is 2.82. The van der Waals surface area contributed by atoms with Gasteiger partial charge in [-0.05, 0) is 30.0 Å². The lowest BCUT2D eigenvalue weighted by Crippen LogP contribution is -2.33. The second-order valence-corrected chi connectivity index (χ2v) is 3.71. The van der Waals surface area contributed by atoms with E-state index in [1.807, 2.05) is 0 Å². The summed E-state index contributed by atoms with van der Waals surface area (Å²) in [7, 11) is 0. The number of aromatic hydroxyl groups is 1. The van der Waals surface area contributed by atoms with E-state index < -0.39 is 6.10 Å². The molecule has 5 heteroatoms. The molecule has 0 aromatic heterocycles. The molecular formula is C10H15ClN2O2. The number of fused-ring (bicyclic) bond motifs is 1. The van der Waals surface area contributed by atoms with E-state index in [1.54, 1.807) is 6.07 Å². The van der Waals surface area contributed by atoms with Gasteiger partial charge in [0.2, 0.25) is 0 Å². The van der Waals surface area contributed by atoms with Gasteiger partial charge < -0.3 is 21.7 Å². The summed E-state index contributed by atoms with van der Waals surface area (Å²) < 4.78 is 0. The first kappa shape index (κ1) is 12.1. The van der Waals surface area contributed by atoms with Crippen molar-refractivity contribution < 1.29 is 10.2 Å². The predicted molar refractivity (Wildman–Crippen MR) is 61.0 cm³/mol. The van der Waals surface area contributed by atoms with Crippen LogP contribution in [0.5, 0.6) is 5.75 Å². The van der Waals surface area contributed by atoms with Crippen molar-refractivity contribution in [3.05, 3.63) is 23.3 Å². The Morgan fingerprint density at radius 3 is 2.67 bits per heavy atom. The number of hydrogen-bond acceptors (Lipinski definition) is 4. The zero-order valence-corrected chi connectivity index (χ0v) is 9.00. The second-order valence-electron chi connectivity index (χ2n) is 3.71. The molecule has 1 aromatic carbocycles. The molecule has 0 bridgehead atoms. The van der Waals surface area contributed by atoms with E-state index in [0.717, 1.165) is 11.1 Å². The molecule has 0 fully saturated rings. The van der Waals surface area contributed by atoms with Gasteiger partial charge in [-0.15, -0.1) is 12.4 Å². The fraction of sp³-hybridized carbons (Fsp3) is 0.400. The Morgan fingerprint density at radius 1 is 1.33 bits per heavy atom. The van der Waals surface area contributed by atoms with Crippen LogP contribution in [0.3, 0.4) is 0 Å². The minimum atomic E-state index is -0.665. The molecule has 1 aromatic rings. The molecule has 6 N–H and O–H groups in total. The lowest BCUT2D eigenvalue weighted by Gasteiger charge is -2.28. The maximum Gasteiger partial charge on any atom is 0.138 e. The summed E-state index contributed by atoms with van der Waals surface area (Å²) >= 11 is 0. The van der Waals surface area contributed by atoms with Crippen molar-refractivity contribution in [1.29, 1.82) is 0 Å². The highest BCUT2D eigenvalue weighted by atomic mass is 35.5. The van der Waals surface area contributed by atoms with Gasteiger partial charge in [0.05, 0.1) is 11.8 Å². The molecule has 0 saturated carbocycles. The molecule has 2 rings (SSSR count). The fourth-order valence-corrected chi connectivity index (χ4v) is 1.92. The third-order valence-electron chi connectivity index (χ3n) is 2.82. The maximum atomic E-state index is 9.78. The number of nitrogen functional groups attached to an aromatic ring is 1. The third kappa shape index (κ3) is 1.88. The van der Waals surface area contributed by atoms with E-state index in [4.69, 9.17) is 11.5 Å². The molecule has 1 aliphatic carbocycles. The quantitative estimate of drug-likeness (QED) is 0.390. The first-order valence-electron chi connectivity index (χ1n) is 4.65. The SMILES string of the molecule is Cl.Nc1c(O)ccc2c1CCC(N)C2O. The molecule has 2 atom stereocenters. The largest absolute Gasteiger partial charge is 0.506 e. The Bertz CT molecular complexity index is 371. The highest BCUT2D eigenvalue weighted by Crippen LogP contribution is 2.36. The zero-order valence-electron chi connectivity index (χ0n) is 8.18. The highest BCUT2D eigenvalue weighted by Gasteiger charge is 2.26. The summed E-state index contributed by atoms with van der Waals surface area (Å²) in [5.74, 6) is 0.0754. The lowest BCUT2D eigenvalue weighted by molar-refractivity contribution is 0.134. The van der Waals surface area contributed by atoms with Crippen molar-refractivity contribution in [3.8, 4) is 5.75 Å². The first-order valence-corrected chi connectivity index (χ1v) is 4.65. The van der Waals surface area contributed by atoms with Crippen LogP contribution in [0.1, 0.15) is 23.7 Å². The number of anilines is 1. The van der Waals surface area contributed by atoms with Gasteiger partial charge in [-0.1, -0.05) is 6.07 Å². The van der Waals surface area contributed by atoms with Gasteiger partial charge in [-0.25, -0.2) is 0 Å². The normalized spacial score (nSPS) is 24.1. The van der Waals surface area contributed by atoms with Crippen molar-refractivity contribution in [2.75, 3.05) is 5.73 Å². The molecule has 2 unspecified atom stereocenters. The topological polar surface area (TPSA) is 92.5 Å². The van der Waals surface area contributed by atoms with E-state index in [1.165, 1.54) is 6.07 Å². The van der Waals surface area contributed by atoms with Gasteiger partial charge in [0.25, 0.3) is 0 Å². The number of phenols is 1. The summed E-state index contributed by atoms with van der Waals surface area (Å²) in [6.07, 6.45) is 0.747. The second kappa shape index (κ2) is 4.26. The molecule has 0 radical (unpaired) electrons. The summed E-state index contributed by atoms with van der Waals surface area (Å²) in [6, 6.07) is 2.95.